The van der Waals surface area contributed by atoms with Gasteiger partial charge in [-0.15, -0.1) is 0 Å². The second-order valence-corrected chi connectivity index (χ2v) is 6.38. The van der Waals surface area contributed by atoms with E-state index in [1.165, 1.54) is 6.21 Å². The van der Waals surface area contributed by atoms with Crippen LogP contribution in [0.25, 0.3) is 0 Å². The van der Waals surface area contributed by atoms with Crippen LogP contribution in [0.5, 0.6) is 5.75 Å². The average molecular weight is 387 g/mol. The number of hydrogen-bond acceptors (Lipinski definition) is 4. The number of nitrogens with one attached hydrogen (secondary N) is 2. The maximum Gasteiger partial charge on any atom is 0.271 e. The number of aryl methyl sites for hydroxylation is 1. The summed E-state index contributed by atoms with van der Waals surface area (Å²) in [4.78, 5) is 24.5. The van der Waals surface area contributed by atoms with Crippen molar-refractivity contribution in [3.63, 3.8) is 0 Å². The van der Waals surface area contributed by atoms with Crippen LogP contribution >= 0.6 is 0 Å². The Bertz CT molecular complexity index is 1040. The smallest absolute Gasteiger partial charge is 0.271 e. The lowest BCUT2D eigenvalue weighted by Crippen LogP contribution is -2.18. The van der Waals surface area contributed by atoms with E-state index in [0.717, 1.165) is 11.1 Å². The molecule has 0 fully saturated rings. The van der Waals surface area contributed by atoms with Crippen LogP contribution in [0.1, 0.15) is 31.8 Å². The molecule has 6 nitrogen and oxygen atoms in total. The summed E-state index contributed by atoms with van der Waals surface area (Å²) in [5.74, 6) is 0.165. The van der Waals surface area contributed by atoms with Crippen LogP contribution in [0.4, 0.5) is 5.69 Å². The summed E-state index contributed by atoms with van der Waals surface area (Å²) in [5, 5.41) is 6.78. The number of rotatable bonds is 6. The van der Waals surface area contributed by atoms with Gasteiger partial charge in [-0.05, 0) is 61.0 Å². The standard InChI is InChI=1S/C23H21N3O3/c1-16-5-3-7-19(13-16)22(27)25-20-11-9-18(10-12-20)23(28)26-24-15-17-6-4-8-21(14-17)29-2/h3-15H,1-2H3,(H,25,27)(H,26,28). The first-order valence-electron chi connectivity index (χ1n) is 9.01. The molecule has 0 bridgehead atoms. The second kappa shape index (κ2) is 9.32. The van der Waals surface area contributed by atoms with E-state index < -0.39 is 0 Å². The average Bonchev–Trinajstić information content (AvgIpc) is 2.74. The molecule has 0 radical (unpaired) electrons. The van der Waals surface area contributed by atoms with Gasteiger partial charge < -0.3 is 10.1 Å². The normalized spacial score (nSPS) is 10.6. The summed E-state index contributed by atoms with van der Waals surface area (Å²) in [5.41, 5.74) is 5.92. The Kier molecular flexibility index (Phi) is 6.37. The molecule has 0 heterocycles. The summed E-state index contributed by atoms with van der Waals surface area (Å²) in [6.45, 7) is 1.93. The van der Waals surface area contributed by atoms with Crippen LogP contribution in [-0.2, 0) is 0 Å². The third-order valence-corrected chi connectivity index (χ3v) is 4.16. The van der Waals surface area contributed by atoms with Gasteiger partial charge in [0.05, 0.1) is 13.3 Å². The molecule has 0 unspecified atom stereocenters. The maximum absolute atomic E-state index is 12.3. The van der Waals surface area contributed by atoms with Crippen molar-refractivity contribution in [3.8, 4) is 5.75 Å². The molecule has 146 valence electrons. The topological polar surface area (TPSA) is 79.8 Å². The molecule has 2 amide bonds. The first kappa shape index (κ1) is 19.8. The van der Waals surface area contributed by atoms with Crippen LogP contribution in [0.15, 0.2) is 77.9 Å². The van der Waals surface area contributed by atoms with Crippen molar-refractivity contribution in [3.05, 3.63) is 95.1 Å². The Morgan fingerprint density at radius 1 is 0.897 bits per heavy atom. The fourth-order valence-corrected chi connectivity index (χ4v) is 2.65. The van der Waals surface area contributed by atoms with Gasteiger partial charge in [0.1, 0.15) is 5.75 Å². The number of carbonyl (C=O) groups is 2. The Morgan fingerprint density at radius 3 is 2.38 bits per heavy atom. The van der Waals surface area contributed by atoms with E-state index >= 15 is 0 Å². The Labute approximate surface area is 169 Å². The summed E-state index contributed by atoms with van der Waals surface area (Å²) < 4.78 is 5.15. The fourth-order valence-electron chi connectivity index (χ4n) is 2.65. The first-order valence-corrected chi connectivity index (χ1v) is 9.01. The van der Waals surface area contributed by atoms with E-state index in [2.05, 4.69) is 15.8 Å². The van der Waals surface area contributed by atoms with Gasteiger partial charge in [-0.25, -0.2) is 5.43 Å². The lowest BCUT2D eigenvalue weighted by Gasteiger charge is -2.07. The number of methoxy groups -OCH3 is 1. The van der Waals surface area contributed by atoms with Crippen LogP contribution < -0.4 is 15.5 Å². The van der Waals surface area contributed by atoms with E-state index in [-0.39, 0.29) is 11.8 Å². The van der Waals surface area contributed by atoms with Crippen LogP contribution in [-0.4, -0.2) is 25.1 Å². The van der Waals surface area contributed by atoms with Gasteiger partial charge in [-0.1, -0.05) is 29.8 Å². The molecule has 0 aliphatic carbocycles. The number of hydrazone groups is 1. The van der Waals surface area contributed by atoms with Gasteiger partial charge in [0.15, 0.2) is 0 Å². The van der Waals surface area contributed by atoms with Crippen molar-refractivity contribution in [2.24, 2.45) is 5.10 Å². The second-order valence-electron chi connectivity index (χ2n) is 6.38. The fraction of sp³-hybridized carbons (Fsp3) is 0.0870. The number of hydrogen-bond donors (Lipinski definition) is 2. The lowest BCUT2D eigenvalue weighted by molar-refractivity contribution is 0.0954. The summed E-state index contributed by atoms with van der Waals surface area (Å²) >= 11 is 0. The van der Waals surface area contributed by atoms with Crippen LogP contribution in [0, 0.1) is 6.92 Å². The Balaban J connectivity index is 1.58. The van der Waals surface area contributed by atoms with E-state index in [0.29, 0.717) is 22.6 Å². The molecule has 0 atom stereocenters. The molecule has 29 heavy (non-hydrogen) atoms. The highest BCUT2D eigenvalue weighted by Crippen LogP contribution is 2.13. The highest BCUT2D eigenvalue weighted by molar-refractivity contribution is 6.04. The largest absolute Gasteiger partial charge is 0.497 e. The number of anilines is 1. The SMILES string of the molecule is COc1cccc(C=NNC(=O)c2ccc(NC(=O)c3cccc(C)c3)cc2)c1. The molecule has 0 aliphatic heterocycles. The van der Waals surface area contributed by atoms with Crippen molar-refractivity contribution in [1.82, 2.24) is 5.43 Å². The zero-order chi connectivity index (χ0) is 20.6. The van der Waals surface area contributed by atoms with Gasteiger partial charge in [0.2, 0.25) is 0 Å². The van der Waals surface area contributed by atoms with Crippen molar-refractivity contribution in [1.29, 1.82) is 0 Å². The van der Waals surface area contributed by atoms with E-state index in [1.54, 1.807) is 43.5 Å². The van der Waals surface area contributed by atoms with E-state index in [1.807, 2.05) is 43.3 Å². The molecular formula is C23H21N3O3. The quantitative estimate of drug-likeness (QED) is 0.495. The summed E-state index contributed by atoms with van der Waals surface area (Å²) in [7, 11) is 1.59. The minimum absolute atomic E-state index is 0.200. The third kappa shape index (κ3) is 5.52. The number of carbonyl (C=O) groups excluding carboxylic acids is 2. The molecule has 0 spiro atoms. The number of benzene rings is 3. The molecule has 3 rings (SSSR count). The molecule has 3 aromatic carbocycles. The zero-order valence-corrected chi connectivity index (χ0v) is 16.2. The highest BCUT2D eigenvalue weighted by Gasteiger charge is 2.08. The highest BCUT2D eigenvalue weighted by atomic mass is 16.5. The minimum atomic E-state index is -0.347. The van der Waals surface area contributed by atoms with Crippen LogP contribution in [0.3, 0.4) is 0 Å². The Morgan fingerprint density at radius 2 is 1.66 bits per heavy atom. The molecule has 0 saturated heterocycles. The number of nitrogens with zero attached hydrogens (tertiary/aromatic N) is 1. The maximum atomic E-state index is 12.3. The van der Waals surface area contributed by atoms with Gasteiger partial charge in [0.25, 0.3) is 11.8 Å². The zero-order valence-electron chi connectivity index (χ0n) is 16.2. The molecule has 0 saturated carbocycles. The van der Waals surface area contributed by atoms with Crippen molar-refractivity contribution < 1.29 is 14.3 Å². The van der Waals surface area contributed by atoms with Gasteiger partial charge in [-0.2, -0.15) is 5.10 Å². The molecule has 3 aromatic rings. The Hall–Kier alpha value is -3.93. The van der Waals surface area contributed by atoms with Crippen LogP contribution in [0.2, 0.25) is 0 Å². The van der Waals surface area contributed by atoms with Crippen molar-refractivity contribution >= 4 is 23.7 Å². The lowest BCUT2D eigenvalue weighted by atomic mass is 10.1. The molecular weight excluding hydrogens is 366 g/mol. The number of amides is 2. The van der Waals surface area contributed by atoms with E-state index in [4.69, 9.17) is 4.74 Å². The molecule has 2 N–H and O–H groups in total. The van der Waals surface area contributed by atoms with Crippen molar-refractivity contribution in [2.75, 3.05) is 12.4 Å². The summed E-state index contributed by atoms with van der Waals surface area (Å²) in [6.07, 6.45) is 1.54. The minimum Gasteiger partial charge on any atom is -0.497 e. The van der Waals surface area contributed by atoms with E-state index in [9.17, 15) is 9.59 Å². The predicted octanol–water partition coefficient (Wildman–Crippen LogP) is 4.02. The summed E-state index contributed by atoms with van der Waals surface area (Å²) in [6, 6.07) is 21.3. The molecule has 0 aliphatic rings. The van der Waals surface area contributed by atoms with Gasteiger partial charge in [0, 0.05) is 16.8 Å². The van der Waals surface area contributed by atoms with Crippen molar-refractivity contribution in [2.45, 2.75) is 6.92 Å². The van der Waals surface area contributed by atoms with Gasteiger partial charge >= 0.3 is 0 Å². The number of ether oxygens (including phenoxy) is 1. The molecule has 6 heteroatoms. The molecule has 0 aromatic heterocycles. The predicted molar refractivity (Wildman–Crippen MR) is 114 cm³/mol. The third-order valence-electron chi connectivity index (χ3n) is 4.16. The monoisotopic (exact) mass is 387 g/mol. The van der Waals surface area contributed by atoms with Gasteiger partial charge in [-0.3, -0.25) is 9.59 Å². The first-order chi connectivity index (χ1) is 14.0.